The van der Waals surface area contributed by atoms with E-state index in [4.69, 9.17) is 0 Å². The number of carbonyl (C=O) groups is 3. The number of likely N-dealkylation sites (tertiary alicyclic amines) is 1. The Morgan fingerprint density at radius 1 is 1.10 bits per heavy atom. The van der Waals surface area contributed by atoms with E-state index in [9.17, 15) is 14.4 Å². The quantitative estimate of drug-likeness (QED) is 0.319. The third-order valence-corrected chi connectivity index (χ3v) is 9.60. The molecule has 2 aromatic carbocycles. The molecule has 210 valence electrons. The standard InChI is InChI=1S/C31H36BrN5O3/c1-6-18(2)28(37-29(38)24-9-7-8-10-25(24)30(37)39)31(40)35-14-13-23(16-20(35)4)27-17-36(34-33-27)21(5)22-11-12-26(32)19(3)15-22/h7-12,15,17-18,20-21,23,28H,6,13-14,16H2,1-5H3/t18?,20?,21-,23?,28?/m0/s1. The number of piperidine rings is 1. The molecule has 2 aliphatic heterocycles. The summed E-state index contributed by atoms with van der Waals surface area (Å²) in [5.74, 6) is -0.907. The summed E-state index contributed by atoms with van der Waals surface area (Å²) >= 11 is 3.57. The molecule has 9 heteroatoms. The van der Waals surface area contributed by atoms with Crippen LogP contribution in [-0.4, -0.2) is 61.1 Å². The van der Waals surface area contributed by atoms with Crippen LogP contribution in [0.25, 0.3) is 0 Å². The first kappa shape index (κ1) is 28.2. The van der Waals surface area contributed by atoms with Crippen molar-refractivity contribution in [3.8, 4) is 0 Å². The SMILES string of the molecule is CCC(C)C(C(=O)N1CCC(c2cn([C@@H](C)c3ccc(Br)c(C)c3)nn2)CC1C)N1C(=O)c2ccccc2C1=O. The largest absolute Gasteiger partial charge is 0.338 e. The molecule has 0 spiro atoms. The second kappa shape index (κ2) is 11.3. The maximum Gasteiger partial charge on any atom is 0.262 e. The first-order valence-corrected chi connectivity index (χ1v) is 14.9. The molecule has 1 fully saturated rings. The zero-order chi connectivity index (χ0) is 28.7. The predicted octanol–water partition coefficient (Wildman–Crippen LogP) is 5.76. The number of aromatic nitrogens is 3. The van der Waals surface area contributed by atoms with E-state index in [1.165, 1.54) is 10.5 Å². The molecule has 3 aromatic rings. The van der Waals surface area contributed by atoms with Crippen LogP contribution in [0.1, 0.15) is 96.5 Å². The average Bonchev–Trinajstić information content (AvgIpc) is 3.54. The van der Waals surface area contributed by atoms with Crippen molar-refractivity contribution in [2.45, 2.75) is 77.9 Å². The van der Waals surface area contributed by atoms with Crippen LogP contribution in [0.15, 0.2) is 53.1 Å². The molecule has 1 saturated heterocycles. The van der Waals surface area contributed by atoms with Gasteiger partial charge in [0.1, 0.15) is 6.04 Å². The van der Waals surface area contributed by atoms with Gasteiger partial charge >= 0.3 is 0 Å². The Labute approximate surface area is 243 Å². The number of benzene rings is 2. The lowest BCUT2D eigenvalue weighted by atomic mass is 9.87. The molecule has 3 amide bonds. The van der Waals surface area contributed by atoms with E-state index < -0.39 is 6.04 Å². The number of halogens is 1. The Morgan fingerprint density at radius 2 is 1.77 bits per heavy atom. The minimum absolute atomic E-state index is 0.0445. The molecule has 0 radical (unpaired) electrons. The van der Waals surface area contributed by atoms with Crippen molar-refractivity contribution in [3.63, 3.8) is 0 Å². The summed E-state index contributed by atoms with van der Waals surface area (Å²) in [7, 11) is 0. The fourth-order valence-corrected chi connectivity index (χ4v) is 6.22. The molecule has 0 aliphatic carbocycles. The van der Waals surface area contributed by atoms with Gasteiger partial charge in [0, 0.05) is 29.2 Å². The highest BCUT2D eigenvalue weighted by Gasteiger charge is 2.47. The van der Waals surface area contributed by atoms with Gasteiger partial charge in [0.15, 0.2) is 0 Å². The minimum atomic E-state index is -0.826. The van der Waals surface area contributed by atoms with Crippen LogP contribution in [-0.2, 0) is 4.79 Å². The molecular weight excluding hydrogens is 570 g/mol. The lowest BCUT2D eigenvalue weighted by Gasteiger charge is -2.41. The zero-order valence-corrected chi connectivity index (χ0v) is 25.3. The summed E-state index contributed by atoms with van der Waals surface area (Å²) in [6.45, 7) is 10.7. The van der Waals surface area contributed by atoms with Crippen molar-refractivity contribution in [2.24, 2.45) is 5.92 Å². The van der Waals surface area contributed by atoms with Gasteiger partial charge in [-0.05, 0) is 68.9 Å². The van der Waals surface area contributed by atoms with Crippen molar-refractivity contribution in [1.82, 2.24) is 24.8 Å². The second-order valence-electron chi connectivity index (χ2n) is 11.3. The van der Waals surface area contributed by atoms with Crippen LogP contribution in [0.3, 0.4) is 0 Å². The molecule has 1 aromatic heterocycles. The van der Waals surface area contributed by atoms with E-state index >= 15 is 0 Å². The molecule has 0 bridgehead atoms. The molecule has 4 unspecified atom stereocenters. The van der Waals surface area contributed by atoms with Crippen molar-refractivity contribution >= 4 is 33.7 Å². The summed E-state index contributed by atoms with van der Waals surface area (Å²) in [6.07, 6.45) is 4.19. The number of hydrogen-bond donors (Lipinski definition) is 0. The normalized spacial score (nSPS) is 21.4. The Morgan fingerprint density at radius 3 is 2.38 bits per heavy atom. The minimum Gasteiger partial charge on any atom is -0.338 e. The molecular formula is C31H36BrN5O3. The molecule has 0 saturated carbocycles. The van der Waals surface area contributed by atoms with Gasteiger partial charge in [-0.25, -0.2) is 4.68 Å². The number of imide groups is 1. The van der Waals surface area contributed by atoms with E-state index in [0.717, 1.165) is 28.6 Å². The smallest absolute Gasteiger partial charge is 0.262 e. The van der Waals surface area contributed by atoms with E-state index in [1.807, 2.05) is 36.5 Å². The van der Waals surface area contributed by atoms with Crippen LogP contribution in [0, 0.1) is 12.8 Å². The molecule has 3 heterocycles. The van der Waals surface area contributed by atoms with E-state index in [2.05, 4.69) is 58.3 Å². The van der Waals surface area contributed by atoms with Crippen LogP contribution in [0.4, 0.5) is 0 Å². The van der Waals surface area contributed by atoms with Gasteiger partial charge in [-0.15, -0.1) is 5.10 Å². The van der Waals surface area contributed by atoms with Gasteiger partial charge in [-0.2, -0.15) is 0 Å². The molecule has 5 rings (SSSR count). The topological polar surface area (TPSA) is 88.4 Å². The van der Waals surface area contributed by atoms with Gasteiger partial charge in [0.25, 0.3) is 11.8 Å². The summed E-state index contributed by atoms with van der Waals surface area (Å²) < 4.78 is 2.98. The highest BCUT2D eigenvalue weighted by atomic mass is 79.9. The Hall–Kier alpha value is -3.33. The summed E-state index contributed by atoms with van der Waals surface area (Å²) in [5.41, 5.74) is 4.01. The van der Waals surface area contributed by atoms with Crippen LogP contribution in [0.5, 0.6) is 0 Å². The molecule has 0 N–H and O–H groups in total. The van der Waals surface area contributed by atoms with Gasteiger partial charge in [0.2, 0.25) is 5.91 Å². The lowest BCUT2D eigenvalue weighted by molar-refractivity contribution is -0.140. The lowest BCUT2D eigenvalue weighted by Crippen LogP contribution is -2.57. The fraction of sp³-hybridized carbons (Fsp3) is 0.452. The number of nitrogens with zero attached hydrogens (tertiary/aromatic N) is 5. The highest BCUT2D eigenvalue weighted by molar-refractivity contribution is 9.10. The number of hydrogen-bond acceptors (Lipinski definition) is 5. The number of carbonyl (C=O) groups excluding carboxylic acids is 3. The summed E-state index contributed by atoms with van der Waals surface area (Å²) in [6, 6.07) is 12.3. The Bertz CT molecular complexity index is 1420. The zero-order valence-electron chi connectivity index (χ0n) is 23.7. The number of aryl methyl sites for hydroxylation is 1. The van der Waals surface area contributed by atoms with Crippen LogP contribution >= 0.6 is 15.9 Å². The number of rotatable bonds is 7. The van der Waals surface area contributed by atoms with Crippen molar-refractivity contribution in [2.75, 3.05) is 6.54 Å². The monoisotopic (exact) mass is 605 g/mol. The van der Waals surface area contributed by atoms with Gasteiger partial charge in [-0.3, -0.25) is 19.3 Å². The third-order valence-electron chi connectivity index (χ3n) is 8.71. The van der Waals surface area contributed by atoms with Gasteiger partial charge in [0.05, 0.1) is 22.9 Å². The van der Waals surface area contributed by atoms with Gasteiger partial charge in [-0.1, -0.05) is 65.7 Å². The predicted molar refractivity (Wildman–Crippen MR) is 156 cm³/mol. The summed E-state index contributed by atoms with van der Waals surface area (Å²) in [5, 5.41) is 8.96. The number of fused-ring (bicyclic) bond motifs is 1. The second-order valence-corrected chi connectivity index (χ2v) is 12.1. The van der Waals surface area contributed by atoms with Crippen LogP contribution in [0.2, 0.25) is 0 Å². The van der Waals surface area contributed by atoms with Crippen LogP contribution < -0.4 is 0 Å². The molecule has 5 atom stereocenters. The first-order chi connectivity index (χ1) is 19.1. The summed E-state index contributed by atoms with van der Waals surface area (Å²) in [4.78, 5) is 43.7. The van der Waals surface area contributed by atoms with Crippen molar-refractivity contribution < 1.29 is 14.4 Å². The maximum atomic E-state index is 14.0. The molecule has 2 aliphatic rings. The maximum absolute atomic E-state index is 14.0. The van der Waals surface area contributed by atoms with Crippen molar-refractivity contribution in [1.29, 1.82) is 0 Å². The van der Waals surface area contributed by atoms with E-state index in [1.54, 1.807) is 24.3 Å². The Kier molecular flexibility index (Phi) is 7.95. The average molecular weight is 607 g/mol. The fourth-order valence-electron chi connectivity index (χ4n) is 5.98. The molecule has 8 nitrogen and oxygen atoms in total. The third kappa shape index (κ3) is 5.00. The highest BCUT2D eigenvalue weighted by Crippen LogP contribution is 2.34. The number of amides is 3. The van der Waals surface area contributed by atoms with E-state index in [-0.39, 0.29) is 41.6 Å². The molecule has 40 heavy (non-hydrogen) atoms. The van der Waals surface area contributed by atoms with Gasteiger partial charge < -0.3 is 4.90 Å². The Balaban J connectivity index is 1.31. The van der Waals surface area contributed by atoms with E-state index in [0.29, 0.717) is 24.1 Å². The first-order valence-electron chi connectivity index (χ1n) is 14.1. The van der Waals surface area contributed by atoms with Crippen molar-refractivity contribution in [3.05, 3.63) is 81.1 Å².